The number of likely N-dealkylation sites (tertiary alicyclic amines) is 1. The molecule has 0 saturated carbocycles. The van der Waals surface area contributed by atoms with E-state index in [1.165, 1.54) is 11.3 Å². The summed E-state index contributed by atoms with van der Waals surface area (Å²) in [6.45, 7) is 10.7. The van der Waals surface area contributed by atoms with E-state index >= 15 is 0 Å². The zero-order chi connectivity index (χ0) is 35.5. The molecule has 11 nitrogen and oxygen atoms in total. The van der Waals surface area contributed by atoms with Gasteiger partial charge in [0.2, 0.25) is 11.8 Å². The number of hydrogen-bond acceptors (Lipinski definition) is 8. The Balaban J connectivity index is 1.66. The third-order valence-corrected chi connectivity index (χ3v) is 10.6. The van der Waals surface area contributed by atoms with Crippen LogP contribution in [0, 0.1) is 17.8 Å². The number of carbonyl (C=O) groups excluding carboxylic acids is 3. The second-order valence-corrected chi connectivity index (χ2v) is 14.7. The Hall–Kier alpha value is -3.51. The van der Waals surface area contributed by atoms with Crippen LogP contribution in [0.25, 0.3) is 0 Å². The molecule has 0 radical (unpaired) electrons. The second-order valence-electron chi connectivity index (χ2n) is 13.8. The third-order valence-electron chi connectivity index (χ3n) is 9.72. The molecule has 1 aromatic carbocycles. The zero-order valence-electron chi connectivity index (χ0n) is 29.6. The van der Waals surface area contributed by atoms with E-state index in [0.29, 0.717) is 19.3 Å². The number of hydrogen-bond donors (Lipinski definition) is 4. The number of nitrogens with zero attached hydrogens (tertiary/aromatic N) is 3. The number of aryl methyl sites for hydroxylation is 1. The molecule has 1 fully saturated rings. The molecule has 1 aliphatic heterocycles. The van der Waals surface area contributed by atoms with Gasteiger partial charge in [-0.05, 0) is 75.2 Å². The molecule has 6 atom stereocenters. The highest BCUT2D eigenvalue weighted by Crippen LogP contribution is 2.23. The molecule has 1 aromatic heterocycles. The van der Waals surface area contributed by atoms with Crippen LogP contribution >= 0.6 is 11.3 Å². The average molecular weight is 686 g/mol. The van der Waals surface area contributed by atoms with Crippen molar-refractivity contribution >= 4 is 35.0 Å². The molecule has 0 aliphatic carbocycles. The van der Waals surface area contributed by atoms with E-state index in [0.717, 1.165) is 42.8 Å². The second kappa shape index (κ2) is 18.3. The molecule has 1 saturated heterocycles. The predicted octanol–water partition coefficient (Wildman–Crippen LogP) is 4.73. The Bertz CT molecular complexity index is 1360. The summed E-state index contributed by atoms with van der Waals surface area (Å²) in [5, 5.41) is 27.7. The van der Waals surface area contributed by atoms with Crippen molar-refractivity contribution in [1.29, 1.82) is 0 Å². The molecule has 0 bridgehead atoms. The van der Waals surface area contributed by atoms with Crippen LogP contribution in [0.5, 0.6) is 5.75 Å². The molecule has 12 heteroatoms. The summed E-state index contributed by atoms with van der Waals surface area (Å²) in [5.74, 6) is -1.89. The van der Waals surface area contributed by atoms with Crippen LogP contribution in [0.3, 0.4) is 0 Å². The standard InChI is InChI=1S/C36H55N5O6S/c1-8-23(4)32(39-34(44)30-11-9-10-18-40(30)6)35(45)41(7)29(22(2)3)16-17-31-38-28(21-48-31)33(43)37-26(19-24(5)36(46)47)20-25-12-14-27(42)15-13-25/h12-15,21-24,26,29-30,32,42H,8-11,16-20H2,1-7H3,(H,37,43)(H,39,44)(H,46,47)/t23-,24-,26+,29+,30+,32-/m0/s1. The van der Waals surface area contributed by atoms with Gasteiger partial charge in [0.25, 0.3) is 5.91 Å². The van der Waals surface area contributed by atoms with Crippen LogP contribution in [0.1, 0.15) is 94.2 Å². The minimum atomic E-state index is -0.936. The largest absolute Gasteiger partial charge is 0.508 e. The number of carboxylic acids is 1. The first-order chi connectivity index (χ1) is 22.7. The molecular formula is C36H55N5O6S. The van der Waals surface area contributed by atoms with E-state index in [9.17, 15) is 29.4 Å². The van der Waals surface area contributed by atoms with E-state index in [-0.39, 0.29) is 59.5 Å². The summed E-state index contributed by atoms with van der Waals surface area (Å²) in [6, 6.07) is 5.25. The van der Waals surface area contributed by atoms with Gasteiger partial charge in [-0.25, -0.2) is 4.98 Å². The van der Waals surface area contributed by atoms with Gasteiger partial charge >= 0.3 is 5.97 Å². The average Bonchev–Trinajstić information content (AvgIpc) is 3.53. The third kappa shape index (κ3) is 11.0. The van der Waals surface area contributed by atoms with Crippen molar-refractivity contribution < 1.29 is 29.4 Å². The molecule has 266 valence electrons. The van der Waals surface area contributed by atoms with Gasteiger partial charge in [0.1, 0.15) is 17.5 Å². The topological polar surface area (TPSA) is 152 Å². The SMILES string of the molecule is CC[C@H](C)[C@H](NC(=O)[C@H]1CCCCN1C)C(=O)N(C)[C@H](CCc1nc(C(=O)N[C@@H](Cc2ccc(O)cc2)C[C@H](C)C(=O)O)cs1)C(C)C. The van der Waals surface area contributed by atoms with E-state index in [1.54, 1.807) is 41.5 Å². The van der Waals surface area contributed by atoms with Crippen molar-refractivity contribution in [1.82, 2.24) is 25.4 Å². The van der Waals surface area contributed by atoms with Crippen LogP contribution in [0.4, 0.5) is 0 Å². The van der Waals surface area contributed by atoms with Gasteiger partial charge in [0, 0.05) is 30.9 Å². The Kier molecular flexibility index (Phi) is 14.8. The molecule has 3 amide bonds. The zero-order valence-corrected chi connectivity index (χ0v) is 30.4. The molecule has 2 aromatic rings. The molecule has 3 rings (SSSR count). The number of carbonyl (C=O) groups is 4. The number of phenolic OH excluding ortho intramolecular Hbond substituents is 1. The summed E-state index contributed by atoms with van der Waals surface area (Å²) in [7, 11) is 3.78. The number of aromatic nitrogens is 1. The van der Waals surface area contributed by atoms with Crippen LogP contribution in [0.2, 0.25) is 0 Å². The number of amides is 3. The Morgan fingerprint density at radius 1 is 1.08 bits per heavy atom. The monoisotopic (exact) mass is 685 g/mol. The first-order valence-corrected chi connectivity index (χ1v) is 18.1. The minimum absolute atomic E-state index is 0.0259. The van der Waals surface area contributed by atoms with Crippen molar-refractivity contribution in [2.45, 2.75) is 110 Å². The fraction of sp³-hybridized carbons (Fsp3) is 0.639. The fourth-order valence-corrected chi connectivity index (χ4v) is 7.19. The summed E-state index contributed by atoms with van der Waals surface area (Å²) in [4.78, 5) is 60.5. The first-order valence-electron chi connectivity index (χ1n) is 17.2. The number of phenols is 1. The van der Waals surface area contributed by atoms with Gasteiger partial charge in [-0.2, -0.15) is 0 Å². The number of nitrogens with one attached hydrogen (secondary N) is 2. The van der Waals surface area contributed by atoms with Crippen molar-refractivity contribution in [2.75, 3.05) is 20.6 Å². The van der Waals surface area contributed by atoms with Crippen molar-refractivity contribution in [3.05, 3.63) is 45.9 Å². The molecule has 0 unspecified atom stereocenters. The van der Waals surface area contributed by atoms with Gasteiger partial charge in [-0.3, -0.25) is 24.1 Å². The Morgan fingerprint density at radius 2 is 1.77 bits per heavy atom. The Labute approximate surface area is 289 Å². The van der Waals surface area contributed by atoms with Crippen molar-refractivity contribution in [3.8, 4) is 5.75 Å². The Morgan fingerprint density at radius 3 is 2.38 bits per heavy atom. The highest BCUT2D eigenvalue weighted by Gasteiger charge is 2.35. The van der Waals surface area contributed by atoms with Crippen molar-refractivity contribution in [3.63, 3.8) is 0 Å². The summed E-state index contributed by atoms with van der Waals surface area (Å²) < 4.78 is 0. The minimum Gasteiger partial charge on any atom is -0.508 e. The number of carboxylic acid groups (broad SMARTS) is 1. The van der Waals surface area contributed by atoms with Crippen molar-refractivity contribution in [2.24, 2.45) is 17.8 Å². The highest BCUT2D eigenvalue weighted by atomic mass is 32.1. The molecular weight excluding hydrogens is 630 g/mol. The van der Waals surface area contributed by atoms with Crippen LogP contribution in [-0.2, 0) is 27.2 Å². The van der Waals surface area contributed by atoms with E-state index in [2.05, 4.69) is 34.4 Å². The van der Waals surface area contributed by atoms with Crippen LogP contribution < -0.4 is 10.6 Å². The molecule has 1 aliphatic rings. The van der Waals surface area contributed by atoms with E-state index in [1.807, 2.05) is 27.9 Å². The van der Waals surface area contributed by atoms with Gasteiger partial charge in [0.15, 0.2) is 0 Å². The molecule has 48 heavy (non-hydrogen) atoms. The maximum atomic E-state index is 13.9. The quantitative estimate of drug-likeness (QED) is 0.187. The number of likely N-dealkylation sites (N-methyl/N-ethyl adjacent to an activating group) is 2. The highest BCUT2D eigenvalue weighted by molar-refractivity contribution is 7.09. The summed E-state index contributed by atoms with van der Waals surface area (Å²) >= 11 is 1.38. The van der Waals surface area contributed by atoms with Crippen LogP contribution in [0.15, 0.2) is 29.6 Å². The number of thiazole rings is 1. The van der Waals surface area contributed by atoms with Gasteiger partial charge in [0.05, 0.1) is 17.0 Å². The maximum Gasteiger partial charge on any atom is 0.306 e. The van der Waals surface area contributed by atoms with Gasteiger partial charge in [-0.15, -0.1) is 11.3 Å². The van der Waals surface area contributed by atoms with E-state index < -0.39 is 24.0 Å². The van der Waals surface area contributed by atoms with Gasteiger partial charge < -0.3 is 25.7 Å². The molecule has 0 spiro atoms. The lowest BCUT2D eigenvalue weighted by atomic mass is 9.93. The summed E-state index contributed by atoms with van der Waals surface area (Å²) in [5.41, 5.74) is 1.14. The maximum absolute atomic E-state index is 13.9. The molecule has 4 N–H and O–H groups in total. The smallest absolute Gasteiger partial charge is 0.306 e. The lowest BCUT2D eigenvalue weighted by molar-refractivity contribution is -0.141. The predicted molar refractivity (Wildman–Crippen MR) is 188 cm³/mol. The van der Waals surface area contributed by atoms with E-state index in [4.69, 9.17) is 0 Å². The molecule has 2 heterocycles. The normalized spacial score (nSPS) is 18.4. The van der Waals surface area contributed by atoms with Gasteiger partial charge in [-0.1, -0.05) is 59.6 Å². The number of rotatable bonds is 17. The number of benzene rings is 1. The first kappa shape index (κ1) is 38.9. The lowest BCUT2D eigenvalue weighted by Gasteiger charge is -2.37. The fourth-order valence-electron chi connectivity index (χ4n) is 6.39. The number of aromatic hydroxyl groups is 1. The lowest BCUT2D eigenvalue weighted by Crippen LogP contribution is -2.57. The number of aliphatic carboxylic acids is 1. The van der Waals surface area contributed by atoms with Crippen LogP contribution in [-0.4, -0.2) is 93.5 Å². The number of piperidine rings is 1. The summed E-state index contributed by atoms with van der Waals surface area (Å²) in [6.07, 6.45) is 5.49.